The van der Waals surface area contributed by atoms with Gasteiger partial charge in [-0.1, -0.05) is 30.7 Å². The number of aromatic nitrogens is 3. The molecular weight excluding hydrogens is 493 g/mol. The maximum absolute atomic E-state index is 13.4. The number of nitriles is 1. The lowest BCUT2D eigenvalue weighted by Gasteiger charge is -2.31. The van der Waals surface area contributed by atoms with E-state index in [0.29, 0.717) is 5.56 Å². The summed E-state index contributed by atoms with van der Waals surface area (Å²) in [5, 5.41) is 18.8. The predicted molar refractivity (Wildman–Crippen MR) is 136 cm³/mol. The number of nitrogens with zero attached hydrogens (tertiary/aromatic N) is 4. The van der Waals surface area contributed by atoms with Crippen LogP contribution in [0.1, 0.15) is 52.8 Å². The highest BCUT2D eigenvalue weighted by molar-refractivity contribution is 6.00. The molecule has 0 unspecified atom stereocenters. The molecule has 3 heterocycles. The second-order valence-electron chi connectivity index (χ2n) is 9.05. The van der Waals surface area contributed by atoms with E-state index in [4.69, 9.17) is 5.11 Å². The molecule has 5 rings (SSSR count). The molecule has 4 aromatic rings. The number of hydrogen-bond acceptors (Lipinski definition) is 4. The topological polar surface area (TPSA) is 91.3 Å². The Kier molecular flexibility index (Phi) is 6.55. The van der Waals surface area contributed by atoms with Crippen molar-refractivity contribution < 1.29 is 23.1 Å². The largest absolute Gasteiger partial charge is 0.478 e. The van der Waals surface area contributed by atoms with E-state index < -0.39 is 17.7 Å². The van der Waals surface area contributed by atoms with Gasteiger partial charge < -0.3 is 9.51 Å². The minimum atomic E-state index is -4.62. The molecular formula is C29H21F3N4O2. The maximum Gasteiger partial charge on any atom is 0.417 e. The van der Waals surface area contributed by atoms with Gasteiger partial charge >= 0.3 is 12.1 Å². The lowest BCUT2D eigenvalue weighted by molar-refractivity contribution is -0.138. The van der Waals surface area contributed by atoms with Crippen molar-refractivity contribution >= 4 is 28.8 Å². The summed E-state index contributed by atoms with van der Waals surface area (Å²) in [4.78, 5) is 19.4. The Morgan fingerprint density at radius 2 is 1.84 bits per heavy atom. The van der Waals surface area contributed by atoms with E-state index in [9.17, 15) is 23.2 Å². The van der Waals surface area contributed by atoms with Crippen LogP contribution in [0.2, 0.25) is 0 Å². The average Bonchev–Trinajstić information content (AvgIpc) is 3.34. The first-order chi connectivity index (χ1) is 18.2. The number of halogens is 3. The van der Waals surface area contributed by atoms with E-state index in [1.54, 1.807) is 24.5 Å². The zero-order chi connectivity index (χ0) is 26.9. The summed E-state index contributed by atoms with van der Waals surface area (Å²) in [5.74, 6) is -1.06. The summed E-state index contributed by atoms with van der Waals surface area (Å²) in [6, 6.07) is 13.8. The fraction of sp³-hybridized carbons (Fsp3) is 0.172. The average molecular weight is 515 g/mol. The van der Waals surface area contributed by atoms with Gasteiger partial charge in [-0.25, -0.2) is 9.78 Å². The molecule has 38 heavy (non-hydrogen) atoms. The number of alkyl halides is 3. The smallest absolute Gasteiger partial charge is 0.417 e. The van der Waals surface area contributed by atoms with Gasteiger partial charge in [-0.3, -0.25) is 4.98 Å². The van der Waals surface area contributed by atoms with Gasteiger partial charge in [0.1, 0.15) is 11.7 Å². The van der Waals surface area contributed by atoms with E-state index in [1.807, 2.05) is 40.9 Å². The van der Waals surface area contributed by atoms with Gasteiger partial charge in [-0.05, 0) is 70.9 Å². The number of aliphatic carboxylic acids is 1. The fourth-order valence-electron chi connectivity index (χ4n) is 4.61. The summed E-state index contributed by atoms with van der Waals surface area (Å²) < 4.78 is 42.1. The SMILES string of the molecule is N#Cc1cc(C(F)(F)F)cnc1/C(=C(\c1ccc(/C=C/C(=O)O)cc1)c1ccc2nccn2c1)C1CCC1. The zero-order valence-corrected chi connectivity index (χ0v) is 20.0. The number of fused-ring (bicyclic) bond motifs is 1. The second kappa shape index (κ2) is 9.98. The van der Waals surface area contributed by atoms with E-state index in [2.05, 4.69) is 9.97 Å². The Balaban J connectivity index is 1.77. The van der Waals surface area contributed by atoms with Crippen LogP contribution >= 0.6 is 0 Å². The Morgan fingerprint density at radius 1 is 1.11 bits per heavy atom. The van der Waals surface area contributed by atoms with Crippen molar-refractivity contribution in [2.24, 2.45) is 5.92 Å². The second-order valence-corrected chi connectivity index (χ2v) is 9.05. The van der Waals surface area contributed by atoms with Crippen LogP contribution in [0.5, 0.6) is 0 Å². The van der Waals surface area contributed by atoms with E-state index in [-0.39, 0.29) is 17.2 Å². The number of hydrogen-bond donors (Lipinski definition) is 1. The molecule has 6 nitrogen and oxygen atoms in total. The third kappa shape index (κ3) is 4.93. The van der Waals surface area contributed by atoms with Crippen LogP contribution in [0.25, 0.3) is 22.9 Å². The van der Waals surface area contributed by atoms with Gasteiger partial charge in [0.25, 0.3) is 0 Å². The molecule has 9 heteroatoms. The number of carboxylic acids is 1. The summed E-state index contributed by atoms with van der Waals surface area (Å²) in [7, 11) is 0. The van der Waals surface area contributed by atoms with Crippen molar-refractivity contribution in [3.63, 3.8) is 0 Å². The number of benzene rings is 1. The molecule has 0 amide bonds. The molecule has 0 aliphatic heterocycles. The quantitative estimate of drug-likeness (QED) is 0.298. The third-order valence-electron chi connectivity index (χ3n) is 6.67. The predicted octanol–water partition coefficient (Wildman–Crippen LogP) is 6.48. The number of allylic oxidation sites excluding steroid dienone is 1. The van der Waals surface area contributed by atoms with Gasteiger partial charge in [0.2, 0.25) is 0 Å². The lowest BCUT2D eigenvalue weighted by atomic mass is 9.73. The van der Waals surface area contributed by atoms with Crippen LogP contribution in [0.15, 0.2) is 73.3 Å². The van der Waals surface area contributed by atoms with E-state index in [0.717, 1.165) is 65.5 Å². The Hall–Kier alpha value is -4.71. The van der Waals surface area contributed by atoms with Crippen molar-refractivity contribution in [2.75, 3.05) is 0 Å². The van der Waals surface area contributed by atoms with Crippen LogP contribution in [0.3, 0.4) is 0 Å². The molecule has 1 aromatic carbocycles. The van der Waals surface area contributed by atoms with Gasteiger partial charge in [-0.2, -0.15) is 18.4 Å². The van der Waals surface area contributed by atoms with Crippen molar-refractivity contribution in [1.29, 1.82) is 5.26 Å². The molecule has 0 saturated heterocycles. The normalized spacial score (nSPS) is 14.8. The monoisotopic (exact) mass is 514 g/mol. The minimum absolute atomic E-state index is 0.00593. The molecule has 0 spiro atoms. The number of rotatable bonds is 6. The fourth-order valence-corrected chi connectivity index (χ4v) is 4.61. The summed E-state index contributed by atoms with van der Waals surface area (Å²) in [6.45, 7) is 0. The molecule has 0 radical (unpaired) electrons. The van der Waals surface area contributed by atoms with Crippen molar-refractivity contribution in [1.82, 2.24) is 14.4 Å². The van der Waals surface area contributed by atoms with Gasteiger partial charge in [0.15, 0.2) is 0 Å². The van der Waals surface area contributed by atoms with Gasteiger partial charge in [0, 0.05) is 30.9 Å². The van der Waals surface area contributed by atoms with Crippen LogP contribution < -0.4 is 0 Å². The molecule has 1 saturated carbocycles. The first-order valence-electron chi connectivity index (χ1n) is 11.9. The maximum atomic E-state index is 13.4. The standard InChI is InChI=1S/C29H21F3N4O2/c30-29(31,32)23-14-22(15-33)28(35-16-23)27(19-2-1-3-19)26(21-9-10-24-34-12-13-36(24)17-21)20-7-4-18(5-8-20)6-11-25(37)38/h4-14,16-17,19H,1-3H2,(H,37,38)/b11-6+,27-26+. The van der Waals surface area contributed by atoms with Crippen molar-refractivity contribution in [3.05, 3.63) is 107 Å². The number of imidazole rings is 1. The summed E-state index contributed by atoms with van der Waals surface area (Å²) >= 11 is 0. The van der Waals surface area contributed by atoms with Gasteiger partial charge in [0.05, 0.1) is 16.8 Å². The molecule has 3 aromatic heterocycles. The van der Waals surface area contributed by atoms with Crippen LogP contribution in [0.4, 0.5) is 13.2 Å². The van der Waals surface area contributed by atoms with Crippen molar-refractivity contribution in [2.45, 2.75) is 25.4 Å². The summed E-state index contributed by atoms with van der Waals surface area (Å²) in [5.41, 5.74) is 3.57. The highest BCUT2D eigenvalue weighted by Gasteiger charge is 2.34. The molecule has 0 bridgehead atoms. The highest BCUT2D eigenvalue weighted by atomic mass is 19.4. The number of pyridine rings is 2. The van der Waals surface area contributed by atoms with E-state index in [1.165, 1.54) is 6.08 Å². The first kappa shape index (κ1) is 25.0. The van der Waals surface area contributed by atoms with Crippen LogP contribution in [-0.4, -0.2) is 25.4 Å². The molecule has 1 fully saturated rings. The number of carboxylic acid groups (broad SMARTS) is 1. The molecule has 1 aliphatic rings. The zero-order valence-electron chi connectivity index (χ0n) is 20.0. The highest BCUT2D eigenvalue weighted by Crippen LogP contribution is 2.45. The van der Waals surface area contributed by atoms with Crippen LogP contribution in [-0.2, 0) is 11.0 Å². The van der Waals surface area contributed by atoms with Crippen molar-refractivity contribution in [3.8, 4) is 6.07 Å². The number of carbonyl (C=O) groups is 1. The Labute approximate surface area is 216 Å². The molecule has 1 N–H and O–H groups in total. The molecule has 1 aliphatic carbocycles. The third-order valence-corrected chi connectivity index (χ3v) is 6.67. The lowest BCUT2D eigenvalue weighted by Crippen LogP contribution is -2.17. The molecule has 0 atom stereocenters. The first-order valence-corrected chi connectivity index (χ1v) is 11.9. The van der Waals surface area contributed by atoms with Gasteiger partial charge in [-0.15, -0.1) is 0 Å². The Bertz CT molecular complexity index is 1620. The Morgan fingerprint density at radius 3 is 2.47 bits per heavy atom. The minimum Gasteiger partial charge on any atom is -0.478 e. The molecule has 190 valence electrons. The summed E-state index contributed by atoms with van der Waals surface area (Å²) in [6.07, 6.45) is 6.65. The van der Waals surface area contributed by atoms with E-state index >= 15 is 0 Å². The van der Waals surface area contributed by atoms with Crippen LogP contribution in [0, 0.1) is 17.2 Å².